The lowest BCUT2D eigenvalue weighted by Crippen LogP contribution is -2.05. The lowest BCUT2D eigenvalue weighted by Gasteiger charge is -2.04. The van der Waals surface area contributed by atoms with Crippen LogP contribution in [-0.2, 0) is 9.53 Å². The Bertz CT molecular complexity index is 176. The van der Waals surface area contributed by atoms with E-state index in [9.17, 15) is 4.79 Å². The van der Waals surface area contributed by atoms with Gasteiger partial charge < -0.3 is 4.74 Å². The lowest BCUT2D eigenvalue weighted by atomic mass is 10.1. The minimum Gasteiger partial charge on any atom is -0.466 e. The number of unbranched alkanes of at least 4 members (excludes halogenated alkanes) is 6. The first kappa shape index (κ1) is 15.2. The van der Waals surface area contributed by atoms with Crippen molar-refractivity contribution in [2.24, 2.45) is 0 Å². The van der Waals surface area contributed by atoms with Crippen molar-refractivity contribution in [1.29, 1.82) is 0 Å². The van der Waals surface area contributed by atoms with Gasteiger partial charge in [-0.15, -0.1) is 6.58 Å². The van der Waals surface area contributed by atoms with Gasteiger partial charge in [-0.1, -0.05) is 38.7 Å². The smallest absolute Gasteiger partial charge is 0.305 e. The molecule has 0 heterocycles. The topological polar surface area (TPSA) is 26.3 Å². The molecule has 0 aromatic carbocycles. The van der Waals surface area contributed by atoms with E-state index in [4.69, 9.17) is 4.74 Å². The second-order valence-corrected chi connectivity index (χ2v) is 4.17. The van der Waals surface area contributed by atoms with Crippen LogP contribution in [-0.4, -0.2) is 12.6 Å². The number of hydrogen-bond donors (Lipinski definition) is 0. The molecule has 94 valence electrons. The van der Waals surface area contributed by atoms with Gasteiger partial charge in [0, 0.05) is 6.42 Å². The van der Waals surface area contributed by atoms with Crippen LogP contribution in [0.4, 0.5) is 0 Å². The highest BCUT2D eigenvalue weighted by molar-refractivity contribution is 5.69. The Morgan fingerprint density at radius 1 is 1.12 bits per heavy atom. The van der Waals surface area contributed by atoms with Crippen molar-refractivity contribution in [3.05, 3.63) is 12.7 Å². The maximum absolute atomic E-state index is 11.3. The predicted octanol–water partition coefficient (Wildman–Crippen LogP) is 4.25. The maximum Gasteiger partial charge on any atom is 0.305 e. The normalized spacial score (nSPS) is 10.1. The van der Waals surface area contributed by atoms with E-state index >= 15 is 0 Å². The van der Waals surface area contributed by atoms with Gasteiger partial charge in [-0.05, 0) is 25.7 Å². The number of allylic oxidation sites excluding steroid dienone is 1. The summed E-state index contributed by atoms with van der Waals surface area (Å²) in [6, 6.07) is 0. The number of carbonyl (C=O) groups excluding carboxylic acids is 1. The van der Waals surface area contributed by atoms with E-state index in [0.29, 0.717) is 13.0 Å². The molecule has 0 spiro atoms. The zero-order chi connectivity index (χ0) is 12.1. The van der Waals surface area contributed by atoms with Gasteiger partial charge in [0.15, 0.2) is 0 Å². The Morgan fingerprint density at radius 2 is 1.88 bits per heavy atom. The summed E-state index contributed by atoms with van der Waals surface area (Å²) < 4.78 is 5.12. The first-order valence-corrected chi connectivity index (χ1v) is 6.57. The Morgan fingerprint density at radius 3 is 2.56 bits per heavy atom. The molecular formula is C14H26O2. The molecule has 0 aromatic heterocycles. The van der Waals surface area contributed by atoms with Crippen molar-refractivity contribution in [1.82, 2.24) is 0 Å². The van der Waals surface area contributed by atoms with Crippen molar-refractivity contribution in [2.75, 3.05) is 6.61 Å². The molecule has 0 amide bonds. The van der Waals surface area contributed by atoms with Crippen molar-refractivity contribution in [3.63, 3.8) is 0 Å². The van der Waals surface area contributed by atoms with Gasteiger partial charge in [0.1, 0.15) is 0 Å². The third-order valence-electron chi connectivity index (χ3n) is 2.55. The van der Waals surface area contributed by atoms with E-state index in [1.165, 1.54) is 19.3 Å². The van der Waals surface area contributed by atoms with E-state index < -0.39 is 0 Å². The van der Waals surface area contributed by atoms with Crippen LogP contribution in [0.3, 0.4) is 0 Å². The number of hydrogen-bond acceptors (Lipinski definition) is 2. The summed E-state index contributed by atoms with van der Waals surface area (Å²) >= 11 is 0. The van der Waals surface area contributed by atoms with Crippen molar-refractivity contribution in [2.45, 2.75) is 64.7 Å². The Hall–Kier alpha value is -0.790. The summed E-state index contributed by atoms with van der Waals surface area (Å²) in [5.41, 5.74) is 0. The summed E-state index contributed by atoms with van der Waals surface area (Å²) in [5.74, 6) is -0.0279. The fourth-order valence-corrected chi connectivity index (χ4v) is 1.52. The van der Waals surface area contributed by atoms with Gasteiger partial charge in [-0.3, -0.25) is 4.79 Å². The zero-order valence-corrected chi connectivity index (χ0v) is 10.7. The monoisotopic (exact) mass is 226 g/mol. The van der Waals surface area contributed by atoms with Crippen LogP contribution in [0, 0.1) is 0 Å². The molecule has 0 rings (SSSR count). The molecule has 2 heteroatoms. The van der Waals surface area contributed by atoms with Crippen molar-refractivity contribution in [3.8, 4) is 0 Å². The largest absolute Gasteiger partial charge is 0.466 e. The highest BCUT2D eigenvalue weighted by atomic mass is 16.5. The molecule has 0 N–H and O–H groups in total. The van der Waals surface area contributed by atoms with Crippen LogP contribution in [0.1, 0.15) is 64.7 Å². The second kappa shape index (κ2) is 12.3. The lowest BCUT2D eigenvalue weighted by molar-refractivity contribution is -0.143. The molecule has 0 atom stereocenters. The summed E-state index contributed by atoms with van der Waals surface area (Å²) in [5, 5.41) is 0. The molecule has 0 radical (unpaired) electrons. The quantitative estimate of drug-likeness (QED) is 0.299. The van der Waals surface area contributed by atoms with Crippen molar-refractivity contribution < 1.29 is 9.53 Å². The molecule has 0 aromatic rings. The molecule has 0 saturated heterocycles. The second-order valence-electron chi connectivity index (χ2n) is 4.17. The van der Waals surface area contributed by atoms with Crippen LogP contribution >= 0.6 is 0 Å². The molecule has 0 aliphatic carbocycles. The van der Waals surface area contributed by atoms with Gasteiger partial charge in [0.05, 0.1) is 6.61 Å². The van der Waals surface area contributed by atoms with Gasteiger partial charge in [0.25, 0.3) is 0 Å². The number of esters is 1. The van der Waals surface area contributed by atoms with Gasteiger partial charge in [-0.25, -0.2) is 0 Å². The van der Waals surface area contributed by atoms with Crippen LogP contribution in [0.25, 0.3) is 0 Å². The summed E-state index contributed by atoms with van der Waals surface area (Å²) in [7, 11) is 0. The molecule has 0 bridgehead atoms. The molecule has 0 aliphatic rings. The minimum atomic E-state index is -0.0279. The molecule has 0 aliphatic heterocycles. The number of rotatable bonds is 11. The number of ether oxygens (including phenoxy) is 1. The van der Waals surface area contributed by atoms with E-state index in [2.05, 4.69) is 13.5 Å². The molecule has 0 saturated carbocycles. The molecule has 2 nitrogen and oxygen atoms in total. The van der Waals surface area contributed by atoms with E-state index in [0.717, 1.165) is 32.1 Å². The molecule has 16 heavy (non-hydrogen) atoms. The van der Waals surface area contributed by atoms with Gasteiger partial charge in [-0.2, -0.15) is 0 Å². The standard InChI is InChI=1S/C14H26O2/c1-3-5-7-8-9-10-12-14(15)16-13-11-6-4-2/h3H,1,4-13H2,2H3. The highest BCUT2D eigenvalue weighted by Crippen LogP contribution is 2.06. The van der Waals surface area contributed by atoms with Crippen LogP contribution < -0.4 is 0 Å². The summed E-state index contributed by atoms with van der Waals surface area (Å²) in [4.78, 5) is 11.3. The Balaban J connectivity index is 3.14. The van der Waals surface area contributed by atoms with E-state index in [-0.39, 0.29) is 5.97 Å². The molecule has 0 unspecified atom stereocenters. The summed E-state index contributed by atoms with van der Waals surface area (Å²) in [6.07, 6.45) is 11.4. The third kappa shape index (κ3) is 11.3. The fourth-order valence-electron chi connectivity index (χ4n) is 1.52. The van der Waals surface area contributed by atoms with E-state index in [1.54, 1.807) is 0 Å². The SMILES string of the molecule is C=CCCCCCCC(=O)OCCCCC. The average molecular weight is 226 g/mol. The van der Waals surface area contributed by atoms with Gasteiger partial charge in [0.2, 0.25) is 0 Å². The fraction of sp³-hybridized carbons (Fsp3) is 0.786. The highest BCUT2D eigenvalue weighted by Gasteiger charge is 2.01. The Labute approximate surface area is 100 Å². The first-order chi connectivity index (χ1) is 7.81. The third-order valence-corrected chi connectivity index (χ3v) is 2.55. The van der Waals surface area contributed by atoms with Crippen LogP contribution in [0.5, 0.6) is 0 Å². The number of carbonyl (C=O) groups is 1. The predicted molar refractivity (Wildman–Crippen MR) is 68.4 cm³/mol. The Kier molecular flexibility index (Phi) is 11.7. The molecule has 0 fully saturated rings. The summed E-state index contributed by atoms with van der Waals surface area (Å²) in [6.45, 7) is 6.43. The maximum atomic E-state index is 11.3. The van der Waals surface area contributed by atoms with Crippen molar-refractivity contribution >= 4 is 5.97 Å². The van der Waals surface area contributed by atoms with E-state index in [1.807, 2.05) is 6.08 Å². The average Bonchev–Trinajstić information content (AvgIpc) is 2.29. The van der Waals surface area contributed by atoms with Crippen LogP contribution in [0.2, 0.25) is 0 Å². The van der Waals surface area contributed by atoms with Gasteiger partial charge >= 0.3 is 5.97 Å². The first-order valence-electron chi connectivity index (χ1n) is 6.57. The molecular weight excluding hydrogens is 200 g/mol. The zero-order valence-electron chi connectivity index (χ0n) is 10.7. The van der Waals surface area contributed by atoms with Crippen LogP contribution in [0.15, 0.2) is 12.7 Å². The minimum absolute atomic E-state index is 0.0279.